The average molecular weight is 854 g/mol. The van der Waals surface area contributed by atoms with Crippen LogP contribution in [0.2, 0.25) is 0 Å². The Hall–Kier alpha value is -8.72. The van der Waals surface area contributed by atoms with E-state index in [1.165, 1.54) is 60.8 Å². The highest BCUT2D eigenvalue weighted by Crippen LogP contribution is 2.57. The molecule has 0 saturated carbocycles. The maximum Gasteiger partial charge on any atom is 0.136 e. The highest BCUT2D eigenvalue weighted by molar-refractivity contribution is 6.12. The van der Waals surface area contributed by atoms with Gasteiger partial charge >= 0.3 is 0 Å². The lowest BCUT2D eigenvalue weighted by molar-refractivity contribution is 0.669. The number of furan rings is 1. The minimum Gasteiger partial charge on any atom is -0.456 e. The summed E-state index contributed by atoms with van der Waals surface area (Å²) in [5.74, 6) is 0. The molecule has 11 aromatic carbocycles. The largest absolute Gasteiger partial charge is 0.456 e. The Morgan fingerprint density at radius 3 is 1.67 bits per heavy atom. The van der Waals surface area contributed by atoms with E-state index in [4.69, 9.17) is 4.42 Å². The summed E-state index contributed by atoms with van der Waals surface area (Å²) >= 11 is 0. The zero-order chi connectivity index (χ0) is 44.3. The van der Waals surface area contributed by atoms with Crippen molar-refractivity contribution in [1.82, 2.24) is 0 Å². The van der Waals surface area contributed by atoms with Gasteiger partial charge in [0.2, 0.25) is 0 Å². The second-order valence-electron chi connectivity index (χ2n) is 17.6. The Labute approximate surface area is 390 Å². The fraction of sp³-hybridized carbons (Fsp3) is 0.0154. The molecule has 0 radical (unpaired) electrons. The van der Waals surface area contributed by atoms with E-state index in [0.29, 0.717) is 0 Å². The van der Waals surface area contributed by atoms with Gasteiger partial charge in [-0.25, -0.2) is 0 Å². The molecule has 12 aromatic rings. The van der Waals surface area contributed by atoms with E-state index in [0.717, 1.165) is 55.7 Å². The average Bonchev–Trinajstić information content (AvgIpc) is 3.93. The van der Waals surface area contributed by atoms with Gasteiger partial charge in [-0.3, -0.25) is 0 Å². The van der Waals surface area contributed by atoms with Crippen LogP contribution in [0.1, 0.15) is 22.3 Å². The molecule has 0 bridgehead atoms. The molecule has 0 amide bonds. The molecule has 1 aromatic heterocycles. The van der Waals surface area contributed by atoms with Gasteiger partial charge < -0.3 is 9.32 Å². The summed E-state index contributed by atoms with van der Waals surface area (Å²) < 4.78 is 6.32. The summed E-state index contributed by atoms with van der Waals surface area (Å²) in [5, 5.41) is 4.76. The summed E-state index contributed by atoms with van der Waals surface area (Å²) in [6.45, 7) is 0. The van der Waals surface area contributed by atoms with Crippen molar-refractivity contribution in [2.75, 3.05) is 4.90 Å². The molecule has 314 valence electrons. The predicted octanol–water partition coefficient (Wildman–Crippen LogP) is 17.6. The lowest BCUT2D eigenvalue weighted by Crippen LogP contribution is -2.28. The molecule has 1 aliphatic rings. The molecular weight excluding hydrogens is 811 g/mol. The van der Waals surface area contributed by atoms with Crippen LogP contribution in [0.15, 0.2) is 265 Å². The summed E-state index contributed by atoms with van der Waals surface area (Å²) in [6, 6.07) is 95.2. The predicted molar refractivity (Wildman–Crippen MR) is 280 cm³/mol. The topological polar surface area (TPSA) is 16.4 Å². The quantitative estimate of drug-likeness (QED) is 0.151. The Bertz CT molecular complexity index is 3760. The third kappa shape index (κ3) is 6.26. The number of rotatable bonds is 8. The number of hydrogen-bond donors (Lipinski definition) is 0. The number of anilines is 3. The van der Waals surface area contributed by atoms with Crippen LogP contribution < -0.4 is 4.90 Å². The lowest BCUT2D eigenvalue weighted by Gasteiger charge is -2.35. The minimum absolute atomic E-state index is 0.532. The fourth-order valence-electron chi connectivity index (χ4n) is 11.0. The normalized spacial score (nSPS) is 12.6. The molecule has 0 saturated heterocycles. The molecule has 0 N–H and O–H groups in total. The second kappa shape index (κ2) is 15.8. The maximum atomic E-state index is 6.32. The van der Waals surface area contributed by atoms with Crippen LogP contribution in [0.4, 0.5) is 17.1 Å². The van der Waals surface area contributed by atoms with Crippen molar-refractivity contribution in [2.24, 2.45) is 0 Å². The van der Waals surface area contributed by atoms with E-state index in [9.17, 15) is 0 Å². The summed E-state index contributed by atoms with van der Waals surface area (Å²) in [5.41, 5.74) is 19.1. The van der Waals surface area contributed by atoms with Crippen molar-refractivity contribution >= 4 is 49.8 Å². The van der Waals surface area contributed by atoms with Gasteiger partial charge in [-0.15, -0.1) is 0 Å². The maximum absolute atomic E-state index is 6.32. The number of hydrogen-bond acceptors (Lipinski definition) is 2. The van der Waals surface area contributed by atoms with Crippen molar-refractivity contribution in [3.8, 4) is 44.5 Å². The minimum atomic E-state index is -0.532. The fourth-order valence-corrected chi connectivity index (χ4v) is 11.0. The molecule has 13 rings (SSSR count). The summed E-state index contributed by atoms with van der Waals surface area (Å²) in [6.07, 6.45) is 0. The molecule has 1 heterocycles. The van der Waals surface area contributed by atoms with Crippen molar-refractivity contribution in [1.29, 1.82) is 0 Å². The van der Waals surface area contributed by atoms with Gasteiger partial charge in [0.15, 0.2) is 0 Å². The first-order chi connectivity index (χ1) is 33.2. The Morgan fingerprint density at radius 1 is 0.299 bits per heavy atom. The van der Waals surface area contributed by atoms with Gasteiger partial charge in [0.25, 0.3) is 0 Å². The SMILES string of the molecule is c1ccc(C2(c3ccccc3)c3ccccc3-c3ccc(N(c4ccc(-c5cccc6oc7ccccc7c56)cc4)c4cccc(-c5cccc(-c6cccc7ccccc67)c5)c4)cc32)cc1. The molecule has 0 atom stereocenters. The molecule has 0 aliphatic heterocycles. The van der Waals surface area contributed by atoms with Crippen LogP contribution in [-0.2, 0) is 5.41 Å². The summed E-state index contributed by atoms with van der Waals surface area (Å²) in [7, 11) is 0. The van der Waals surface area contributed by atoms with Gasteiger partial charge in [-0.05, 0) is 132 Å². The van der Waals surface area contributed by atoms with E-state index in [2.05, 4.69) is 254 Å². The zero-order valence-electron chi connectivity index (χ0n) is 36.7. The van der Waals surface area contributed by atoms with Crippen molar-refractivity contribution in [3.05, 3.63) is 283 Å². The van der Waals surface area contributed by atoms with Crippen LogP contribution in [0.5, 0.6) is 0 Å². The van der Waals surface area contributed by atoms with Crippen LogP contribution in [0, 0.1) is 0 Å². The van der Waals surface area contributed by atoms with Crippen LogP contribution in [0.3, 0.4) is 0 Å². The third-order valence-electron chi connectivity index (χ3n) is 13.9. The van der Waals surface area contributed by atoms with Crippen molar-refractivity contribution in [2.45, 2.75) is 5.41 Å². The Balaban J connectivity index is 0.999. The number of nitrogens with zero attached hydrogens (tertiary/aromatic N) is 1. The van der Waals surface area contributed by atoms with Gasteiger partial charge in [0.1, 0.15) is 11.2 Å². The third-order valence-corrected chi connectivity index (χ3v) is 13.9. The van der Waals surface area contributed by atoms with Gasteiger partial charge in [0, 0.05) is 27.8 Å². The molecule has 0 unspecified atom stereocenters. The molecule has 1 aliphatic carbocycles. The highest BCUT2D eigenvalue weighted by Gasteiger charge is 2.46. The van der Waals surface area contributed by atoms with Gasteiger partial charge in [-0.1, -0.05) is 206 Å². The number of para-hydroxylation sites is 1. The standard InChI is InChI=1S/C65H43NO/c1-3-22-49(23-4-1)65(50-24-5-2-6-25-50)60-32-11-9-28-57(60)58-40-39-53(43-61(58)65)66(51-37-35-45(36-38-51)56-31-16-34-63-64(56)59-29-10-12-33-62(59)67-63)52-26-14-20-47(42-52)46-19-13-21-48(41-46)55-30-15-18-44-17-7-8-27-54(44)55/h1-43H. The molecular formula is C65H43NO. The lowest BCUT2D eigenvalue weighted by atomic mass is 9.67. The van der Waals surface area contributed by atoms with Crippen molar-refractivity contribution < 1.29 is 4.42 Å². The van der Waals surface area contributed by atoms with Crippen LogP contribution >= 0.6 is 0 Å². The van der Waals surface area contributed by atoms with E-state index in [1.807, 2.05) is 12.1 Å². The zero-order valence-corrected chi connectivity index (χ0v) is 36.7. The summed E-state index contributed by atoms with van der Waals surface area (Å²) in [4.78, 5) is 2.43. The smallest absolute Gasteiger partial charge is 0.136 e. The van der Waals surface area contributed by atoms with E-state index >= 15 is 0 Å². The molecule has 0 fully saturated rings. The van der Waals surface area contributed by atoms with Gasteiger partial charge in [0.05, 0.1) is 5.41 Å². The molecule has 67 heavy (non-hydrogen) atoms. The molecule has 2 nitrogen and oxygen atoms in total. The Kier molecular flexibility index (Phi) is 9.11. The molecule has 2 heteroatoms. The first-order valence-electron chi connectivity index (χ1n) is 23.1. The Morgan fingerprint density at radius 2 is 0.851 bits per heavy atom. The number of benzene rings is 11. The van der Waals surface area contributed by atoms with E-state index in [1.54, 1.807) is 0 Å². The first kappa shape index (κ1) is 38.7. The first-order valence-corrected chi connectivity index (χ1v) is 23.1. The van der Waals surface area contributed by atoms with Crippen LogP contribution in [-0.4, -0.2) is 0 Å². The van der Waals surface area contributed by atoms with E-state index < -0.39 is 5.41 Å². The van der Waals surface area contributed by atoms with Gasteiger partial charge in [-0.2, -0.15) is 0 Å². The molecule has 0 spiro atoms. The van der Waals surface area contributed by atoms with E-state index in [-0.39, 0.29) is 0 Å². The number of fused-ring (bicyclic) bond motifs is 7. The monoisotopic (exact) mass is 853 g/mol. The van der Waals surface area contributed by atoms with Crippen LogP contribution in [0.25, 0.3) is 77.2 Å². The van der Waals surface area contributed by atoms with Crippen molar-refractivity contribution in [3.63, 3.8) is 0 Å². The highest BCUT2D eigenvalue weighted by atomic mass is 16.3. The second-order valence-corrected chi connectivity index (χ2v) is 17.6.